The molecule has 1 N–H and O–H groups in total. The highest BCUT2D eigenvalue weighted by molar-refractivity contribution is 6.29. The van der Waals surface area contributed by atoms with Gasteiger partial charge in [0, 0.05) is 6.04 Å². The Kier molecular flexibility index (Phi) is 3.29. The minimum Gasteiger partial charge on any atom is -0.366 e. The van der Waals surface area contributed by atoms with E-state index in [4.69, 9.17) is 11.6 Å². The zero-order chi connectivity index (χ0) is 8.97. The van der Waals surface area contributed by atoms with E-state index in [1.807, 2.05) is 0 Å². The van der Waals surface area contributed by atoms with Crippen molar-refractivity contribution < 1.29 is 0 Å². The molecule has 66 valence electrons. The standard InChI is InChI=1S/C8H12ClN3/c1-3-6(2)11-8-5-10-4-7(9)12-8/h4-6H,3H2,1-2H3,(H,11,12). The molecule has 0 fully saturated rings. The van der Waals surface area contributed by atoms with E-state index in [1.54, 1.807) is 6.20 Å². The Morgan fingerprint density at radius 3 is 2.92 bits per heavy atom. The SMILES string of the molecule is CCC(C)Nc1cncc(Cl)n1. The van der Waals surface area contributed by atoms with Crippen LogP contribution in [0.15, 0.2) is 12.4 Å². The van der Waals surface area contributed by atoms with Gasteiger partial charge in [0.1, 0.15) is 11.0 Å². The van der Waals surface area contributed by atoms with E-state index in [0.29, 0.717) is 11.2 Å². The maximum atomic E-state index is 5.66. The van der Waals surface area contributed by atoms with Crippen molar-refractivity contribution >= 4 is 17.4 Å². The third-order valence-corrected chi connectivity index (χ3v) is 1.79. The van der Waals surface area contributed by atoms with Crippen LogP contribution in [0.5, 0.6) is 0 Å². The second-order valence-electron chi connectivity index (χ2n) is 2.68. The first-order chi connectivity index (χ1) is 5.72. The zero-order valence-electron chi connectivity index (χ0n) is 7.21. The highest BCUT2D eigenvalue weighted by Crippen LogP contribution is 2.08. The van der Waals surface area contributed by atoms with Crippen LogP contribution in [0.25, 0.3) is 0 Å². The molecule has 0 radical (unpaired) electrons. The minimum atomic E-state index is 0.401. The molecule has 0 aliphatic rings. The lowest BCUT2D eigenvalue weighted by atomic mass is 10.3. The van der Waals surface area contributed by atoms with Gasteiger partial charge in [-0.2, -0.15) is 0 Å². The maximum absolute atomic E-state index is 5.66. The third kappa shape index (κ3) is 2.66. The van der Waals surface area contributed by atoms with Crippen LogP contribution in [-0.4, -0.2) is 16.0 Å². The van der Waals surface area contributed by atoms with E-state index in [0.717, 1.165) is 12.2 Å². The molecule has 1 aromatic heterocycles. The van der Waals surface area contributed by atoms with Crippen LogP contribution in [0.1, 0.15) is 20.3 Å². The van der Waals surface area contributed by atoms with Crippen molar-refractivity contribution in [3.05, 3.63) is 17.5 Å². The van der Waals surface area contributed by atoms with E-state index < -0.39 is 0 Å². The van der Waals surface area contributed by atoms with Gasteiger partial charge in [-0.1, -0.05) is 18.5 Å². The molecule has 1 unspecified atom stereocenters. The van der Waals surface area contributed by atoms with E-state index in [2.05, 4.69) is 29.1 Å². The van der Waals surface area contributed by atoms with Crippen molar-refractivity contribution in [1.29, 1.82) is 0 Å². The highest BCUT2D eigenvalue weighted by atomic mass is 35.5. The summed E-state index contributed by atoms with van der Waals surface area (Å²) in [6.45, 7) is 4.19. The number of nitrogens with one attached hydrogen (secondary N) is 1. The topological polar surface area (TPSA) is 37.8 Å². The molecule has 0 bridgehead atoms. The summed E-state index contributed by atoms with van der Waals surface area (Å²) < 4.78 is 0. The van der Waals surface area contributed by atoms with Gasteiger partial charge in [-0.3, -0.25) is 4.98 Å². The van der Waals surface area contributed by atoms with E-state index in [1.165, 1.54) is 6.20 Å². The summed E-state index contributed by atoms with van der Waals surface area (Å²) in [7, 11) is 0. The maximum Gasteiger partial charge on any atom is 0.149 e. The van der Waals surface area contributed by atoms with Crippen LogP contribution in [-0.2, 0) is 0 Å². The fraction of sp³-hybridized carbons (Fsp3) is 0.500. The van der Waals surface area contributed by atoms with Gasteiger partial charge < -0.3 is 5.32 Å². The van der Waals surface area contributed by atoms with Crippen LogP contribution >= 0.6 is 11.6 Å². The van der Waals surface area contributed by atoms with E-state index in [-0.39, 0.29) is 0 Å². The molecule has 0 spiro atoms. The first-order valence-corrected chi connectivity index (χ1v) is 4.34. The third-order valence-electron chi connectivity index (χ3n) is 1.61. The predicted octanol–water partition coefficient (Wildman–Crippen LogP) is 2.34. The van der Waals surface area contributed by atoms with Crippen molar-refractivity contribution in [2.45, 2.75) is 26.3 Å². The summed E-state index contributed by atoms with van der Waals surface area (Å²) >= 11 is 5.66. The van der Waals surface area contributed by atoms with Gasteiger partial charge in [0.2, 0.25) is 0 Å². The molecule has 4 heteroatoms. The normalized spacial score (nSPS) is 12.6. The Bertz CT molecular complexity index is 252. The molecule has 3 nitrogen and oxygen atoms in total. The van der Waals surface area contributed by atoms with Crippen molar-refractivity contribution in [1.82, 2.24) is 9.97 Å². The van der Waals surface area contributed by atoms with Gasteiger partial charge in [0.25, 0.3) is 0 Å². The number of nitrogens with zero attached hydrogens (tertiary/aromatic N) is 2. The minimum absolute atomic E-state index is 0.401. The molecule has 1 heterocycles. The number of halogens is 1. The zero-order valence-corrected chi connectivity index (χ0v) is 7.97. The molecule has 1 atom stereocenters. The second kappa shape index (κ2) is 4.26. The van der Waals surface area contributed by atoms with E-state index in [9.17, 15) is 0 Å². The fourth-order valence-electron chi connectivity index (χ4n) is 0.766. The highest BCUT2D eigenvalue weighted by Gasteiger charge is 1.99. The molecule has 0 amide bonds. The molecule has 0 saturated carbocycles. The summed E-state index contributed by atoms with van der Waals surface area (Å²) in [5.74, 6) is 0.733. The first kappa shape index (κ1) is 9.26. The quantitative estimate of drug-likeness (QED) is 0.786. The number of hydrogen-bond donors (Lipinski definition) is 1. The predicted molar refractivity (Wildman–Crippen MR) is 50.4 cm³/mol. The molecule has 1 aromatic rings. The molecule has 1 rings (SSSR count). The van der Waals surface area contributed by atoms with Gasteiger partial charge in [-0.25, -0.2) is 4.98 Å². The first-order valence-electron chi connectivity index (χ1n) is 3.96. The number of hydrogen-bond acceptors (Lipinski definition) is 3. The van der Waals surface area contributed by atoms with Crippen molar-refractivity contribution in [2.75, 3.05) is 5.32 Å². The monoisotopic (exact) mass is 185 g/mol. The Hall–Kier alpha value is -0.830. The average Bonchev–Trinajstić information content (AvgIpc) is 2.04. The van der Waals surface area contributed by atoms with Crippen LogP contribution < -0.4 is 5.32 Å². The van der Waals surface area contributed by atoms with Gasteiger partial charge in [0.05, 0.1) is 12.4 Å². The van der Waals surface area contributed by atoms with Gasteiger partial charge in [-0.15, -0.1) is 0 Å². The van der Waals surface area contributed by atoms with Crippen LogP contribution in [0.4, 0.5) is 5.82 Å². The van der Waals surface area contributed by atoms with Crippen molar-refractivity contribution in [3.8, 4) is 0 Å². The second-order valence-corrected chi connectivity index (χ2v) is 3.07. The van der Waals surface area contributed by atoms with Crippen LogP contribution in [0, 0.1) is 0 Å². The molecule has 12 heavy (non-hydrogen) atoms. The molecule has 0 aromatic carbocycles. The Morgan fingerprint density at radius 2 is 2.33 bits per heavy atom. The average molecular weight is 186 g/mol. The van der Waals surface area contributed by atoms with Gasteiger partial charge in [0.15, 0.2) is 0 Å². The molecule has 0 saturated heterocycles. The summed E-state index contributed by atoms with van der Waals surface area (Å²) in [6, 6.07) is 0.401. The van der Waals surface area contributed by atoms with Crippen LogP contribution in [0.3, 0.4) is 0 Å². The Morgan fingerprint density at radius 1 is 1.58 bits per heavy atom. The lowest BCUT2D eigenvalue weighted by Gasteiger charge is -2.10. The summed E-state index contributed by atoms with van der Waals surface area (Å²) in [5.41, 5.74) is 0. The number of rotatable bonds is 3. The Labute approximate surface area is 77.2 Å². The molecule has 0 aliphatic carbocycles. The van der Waals surface area contributed by atoms with Crippen molar-refractivity contribution in [2.24, 2.45) is 0 Å². The summed E-state index contributed by atoms with van der Waals surface area (Å²) in [5, 5.41) is 3.59. The fourth-order valence-corrected chi connectivity index (χ4v) is 0.914. The summed E-state index contributed by atoms with van der Waals surface area (Å²) in [6.07, 6.45) is 4.23. The molecular weight excluding hydrogens is 174 g/mol. The lowest BCUT2D eigenvalue weighted by Crippen LogP contribution is -2.14. The van der Waals surface area contributed by atoms with Gasteiger partial charge in [-0.05, 0) is 13.3 Å². The van der Waals surface area contributed by atoms with Crippen molar-refractivity contribution in [3.63, 3.8) is 0 Å². The van der Waals surface area contributed by atoms with Gasteiger partial charge >= 0.3 is 0 Å². The smallest absolute Gasteiger partial charge is 0.149 e. The molecule has 0 aliphatic heterocycles. The summed E-state index contributed by atoms with van der Waals surface area (Å²) in [4.78, 5) is 7.97. The van der Waals surface area contributed by atoms with E-state index >= 15 is 0 Å². The number of aromatic nitrogens is 2. The Balaban J connectivity index is 2.63. The largest absolute Gasteiger partial charge is 0.366 e. The van der Waals surface area contributed by atoms with Crippen LogP contribution in [0.2, 0.25) is 5.15 Å². The number of anilines is 1. The lowest BCUT2D eigenvalue weighted by molar-refractivity contribution is 0.758. The molecular formula is C8H12ClN3.